The Kier molecular flexibility index (Phi) is 5.99. The van der Waals surface area contributed by atoms with Gasteiger partial charge in [0.25, 0.3) is 0 Å². The summed E-state index contributed by atoms with van der Waals surface area (Å²) in [5.74, 6) is -0.0227. The Hall–Kier alpha value is -1.14. The number of likely N-dealkylation sites (N-methyl/N-ethyl adjacent to an activating group) is 1. The first kappa shape index (κ1) is 16.2. The van der Waals surface area contributed by atoms with Crippen molar-refractivity contribution in [2.45, 2.75) is 13.0 Å². The van der Waals surface area contributed by atoms with Gasteiger partial charge >= 0.3 is 0 Å². The average Bonchev–Trinajstić information content (AvgIpc) is 2.44. The molecule has 0 saturated carbocycles. The maximum Gasteiger partial charge on any atom is 0.238 e. The van der Waals surface area contributed by atoms with Gasteiger partial charge in [0.2, 0.25) is 5.91 Å². The highest BCUT2D eigenvalue weighted by molar-refractivity contribution is 6.31. The van der Waals surface area contributed by atoms with Crippen LogP contribution in [0.15, 0.2) is 18.2 Å². The Morgan fingerprint density at radius 2 is 2.33 bits per heavy atom. The highest BCUT2D eigenvalue weighted by Gasteiger charge is 2.21. The van der Waals surface area contributed by atoms with Crippen LogP contribution in [0.2, 0.25) is 5.02 Å². The number of nitrogens with one attached hydrogen (secondary N) is 2. The summed E-state index contributed by atoms with van der Waals surface area (Å²) >= 11 is 6.06. The molecule has 2 rings (SSSR count). The van der Waals surface area contributed by atoms with Crippen molar-refractivity contribution >= 4 is 23.2 Å². The first-order valence-corrected chi connectivity index (χ1v) is 7.51. The second-order valence-corrected chi connectivity index (χ2v) is 5.65. The fraction of sp³-hybridized carbons (Fsp3) is 0.533. The van der Waals surface area contributed by atoms with Crippen molar-refractivity contribution in [2.24, 2.45) is 0 Å². The third-order valence-electron chi connectivity index (χ3n) is 3.56. The molecule has 1 saturated heterocycles. The molecule has 0 spiro atoms. The number of ether oxygens (including phenoxy) is 1. The van der Waals surface area contributed by atoms with Gasteiger partial charge in [-0.25, -0.2) is 0 Å². The molecule has 5 nitrogen and oxygen atoms in total. The minimum atomic E-state index is -0.0227. The summed E-state index contributed by atoms with van der Waals surface area (Å²) in [7, 11) is 1.90. The Balaban J connectivity index is 1.88. The number of rotatable bonds is 5. The van der Waals surface area contributed by atoms with Gasteiger partial charge in [0.05, 0.1) is 19.3 Å². The molecule has 0 radical (unpaired) electrons. The van der Waals surface area contributed by atoms with Crippen LogP contribution in [0.3, 0.4) is 0 Å². The van der Waals surface area contributed by atoms with Crippen molar-refractivity contribution in [3.05, 3.63) is 28.8 Å². The molecule has 0 bridgehead atoms. The van der Waals surface area contributed by atoms with Crippen LogP contribution in [-0.2, 0) is 9.53 Å². The zero-order valence-electron chi connectivity index (χ0n) is 12.5. The number of anilines is 1. The van der Waals surface area contributed by atoms with Crippen LogP contribution in [0.25, 0.3) is 0 Å². The summed E-state index contributed by atoms with van der Waals surface area (Å²) in [6.07, 6.45) is 0.143. The molecule has 1 aromatic rings. The molecule has 116 valence electrons. The number of benzene rings is 1. The lowest BCUT2D eigenvalue weighted by molar-refractivity contribution is -0.119. The zero-order valence-corrected chi connectivity index (χ0v) is 13.2. The van der Waals surface area contributed by atoms with Crippen molar-refractivity contribution in [1.82, 2.24) is 10.2 Å². The van der Waals surface area contributed by atoms with Crippen molar-refractivity contribution < 1.29 is 9.53 Å². The zero-order chi connectivity index (χ0) is 15.2. The molecule has 1 aliphatic heterocycles. The van der Waals surface area contributed by atoms with E-state index >= 15 is 0 Å². The molecule has 1 atom stereocenters. The number of hydrogen-bond donors (Lipinski definition) is 2. The number of morpholine rings is 1. The van der Waals surface area contributed by atoms with Gasteiger partial charge in [0.15, 0.2) is 0 Å². The van der Waals surface area contributed by atoms with Gasteiger partial charge in [-0.15, -0.1) is 0 Å². The molecule has 1 unspecified atom stereocenters. The molecule has 1 aliphatic rings. The van der Waals surface area contributed by atoms with E-state index in [9.17, 15) is 4.79 Å². The Morgan fingerprint density at radius 3 is 3.10 bits per heavy atom. The molecule has 1 fully saturated rings. The van der Waals surface area contributed by atoms with Crippen LogP contribution in [0.1, 0.15) is 5.56 Å². The summed E-state index contributed by atoms with van der Waals surface area (Å²) in [4.78, 5) is 14.3. The summed E-state index contributed by atoms with van der Waals surface area (Å²) in [6.45, 7) is 5.28. The molecule has 6 heteroatoms. The van der Waals surface area contributed by atoms with E-state index in [0.29, 0.717) is 18.2 Å². The Bertz CT molecular complexity index is 494. The minimum Gasteiger partial charge on any atom is -0.374 e. The van der Waals surface area contributed by atoms with Crippen molar-refractivity contribution in [3.8, 4) is 0 Å². The van der Waals surface area contributed by atoms with E-state index in [1.807, 2.05) is 32.2 Å². The van der Waals surface area contributed by atoms with Crippen molar-refractivity contribution in [2.75, 3.05) is 45.2 Å². The van der Waals surface area contributed by atoms with Gasteiger partial charge in [0, 0.05) is 30.3 Å². The number of halogens is 1. The molecule has 1 amide bonds. The van der Waals surface area contributed by atoms with Crippen molar-refractivity contribution in [3.63, 3.8) is 0 Å². The summed E-state index contributed by atoms with van der Waals surface area (Å²) in [5, 5.41) is 6.68. The van der Waals surface area contributed by atoms with Crippen LogP contribution in [0, 0.1) is 6.92 Å². The molecule has 0 aliphatic carbocycles. The molecule has 0 aromatic heterocycles. The minimum absolute atomic E-state index is 0.0227. The third kappa shape index (κ3) is 4.68. The lowest BCUT2D eigenvalue weighted by atomic mass is 10.2. The topological polar surface area (TPSA) is 53.6 Å². The van der Waals surface area contributed by atoms with E-state index in [2.05, 4.69) is 15.5 Å². The van der Waals surface area contributed by atoms with Gasteiger partial charge in [0.1, 0.15) is 0 Å². The van der Waals surface area contributed by atoms with Gasteiger partial charge in [-0.3, -0.25) is 9.69 Å². The fourth-order valence-corrected chi connectivity index (χ4v) is 2.59. The van der Waals surface area contributed by atoms with E-state index in [-0.39, 0.29) is 12.0 Å². The maximum absolute atomic E-state index is 12.2. The molecule has 1 aromatic carbocycles. The average molecular weight is 312 g/mol. The van der Waals surface area contributed by atoms with Crippen LogP contribution in [0.4, 0.5) is 5.69 Å². The highest BCUT2D eigenvalue weighted by atomic mass is 35.5. The van der Waals surface area contributed by atoms with Gasteiger partial charge in [-0.2, -0.15) is 0 Å². The number of carbonyl (C=O) groups is 1. The maximum atomic E-state index is 12.2. The molecular weight excluding hydrogens is 290 g/mol. The quantitative estimate of drug-likeness (QED) is 0.865. The monoisotopic (exact) mass is 311 g/mol. The standard InChI is InChI=1S/C15H22ClN3O2/c1-11-13(16)4-3-5-14(11)18-15(20)10-19-6-7-21-12(9-19)8-17-2/h3-5,12,17H,6-10H2,1-2H3,(H,18,20). The molecule has 1 heterocycles. The third-order valence-corrected chi connectivity index (χ3v) is 3.97. The smallest absolute Gasteiger partial charge is 0.238 e. The second-order valence-electron chi connectivity index (χ2n) is 5.25. The van der Waals surface area contributed by atoms with Crippen LogP contribution in [0.5, 0.6) is 0 Å². The molecule has 21 heavy (non-hydrogen) atoms. The first-order chi connectivity index (χ1) is 10.1. The summed E-state index contributed by atoms with van der Waals surface area (Å²) in [6, 6.07) is 5.52. The Labute approximate surface area is 130 Å². The van der Waals surface area contributed by atoms with E-state index < -0.39 is 0 Å². The van der Waals surface area contributed by atoms with E-state index in [1.165, 1.54) is 0 Å². The lowest BCUT2D eigenvalue weighted by Gasteiger charge is -2.32. The number of carbonyl (C=O) groups excluding carboxylic acids is 1. The van der Waals surface area contributed by atoms with Crippen LogP contribution in [-0.4, -0.2) is 56.7 Å². The van der Waals surface area contributed by atoms with Crippen LogP contribution >= 0.6 is 11.6 Å². The first-order valence-electron chi connectivity index (χ1n) is 7.13. The predicted octanol–water partition coefficient (Wildman–Crippen LogP) is 1.51. The highest BCUT2D eigenvalue weighted by Crippen LogP contribution is 2.22. The number of amides is 1. The van der Waals surface area contributed by atoms with Gasteiger partial charge in [-0.1, -0.05) is 17.7 Å². The van der Waals surface area contributed by atoms with Crippen LogP contribution < -0.4 is 10.6 Å². The predicted molar refractivity (Wildman–Crippen MR) is 84.9 cm³/mol. The lowest BCUT2D eigenvalue weighted by Crippen LogP contribution is -2.48. The second kappa shape index (κ2) is 7.75. The Morgan fingerprint density at radius 1 is 1.52 bits per heavy atom. The van der Waals surface area contributed by atoms with Gasteiger partial charge in [-0.05, 0) is 31.7 Å². The number of hydrogen-bond acceptors (Lipinski definition) is 4. The van der Waals surface area contributed by atoms with E-state index in [0.717, 1.165) is 30.9 Å². The largest absolute Gasteiger partial charge is 0.374 e. The molecule has 2 N–H and O–H groups in total. The van der Waals surface area contributed by atoms with E-state index in [1.54, 1.807) is 0 Å². The fourth-order valence-electron chi connectivity index (χ4n) is 2.41. The van der Waals surface area contributed by atoms with E-state index in [4.69, 9.17) is 16.3 Å². The summed E-state index contributed by atoms with van der Waals surface area (Å²) in [5.41, 5.74) is 1.66. The normalized spacial score (nSPS) is 19.5. The van der Waals surface area contributed by atoms with Crippen molar-refractivity contribution in [1.29, 1.82) is 0 Å². The SMILES string of the molecule is CNCC1CN(CC(=O)Nc2cccc(Cl)c2C)CCO1. The summed E-state index contributed by atoms with van der Waals surface area (Å²) < 4.78 is 5.63. The van der Waals surface area contributed by atoms with Gasteiger partial charge < -0.3 is 15.4 Å². The number of nitrogens with zero attached hydrogens (tertiary/aromatic N) is 1. The molecular formula is C15H22ClN3O2.